The molecule has 6 rings (SSSR count). The molecule has 3 amide bonds. The Labute approximate surface area is 246 Å². The van der Waals surface area contributed by atoms with Gasteiger partial charge in [0.25, 0.3) is 17.7 Å². The van der Waals surface area contributed by atoms with Crippen molar-refractivity contribution >= 4 is 40.4 Å². The predicted molar refractivity (Wildman–Crippen MR) is 166 cm³/mol. The van der Waals surface area contributed by atoms with Crippen LogP contribution >= 0.6 is 0 Å². The van der Waals surface area contributed by atoms with Crippen molar-refractivity contribution in [2.24, 2.45) is 0 Å². The standard InChI is InChI=1S/C36H34N3O3/c1-35(2)26-11-7-9-13-28(26)37(5)30(35)21-25(22-31-36(3,4)27-12-8-10-14-29(27)38(31)6)23-15-17-24(18-16-23)34(42)39-32(40)19-20-33(39)41/h7-22H,1-6H3/q+1. The highest BCUT2D eigenvalue weighted by molar-refractivity contribution is 6.25. The summed E-state index contributed by atoms with van der Waals surface area (Å²) in [7, 11) is 4.21. The summed E-state index contributed by atoms with van der Waals surface area (Å²) in [6.07, 6.45) is 6.73. The number of amides is 3. The zero-order valence-electron chi connectivity index (χ0n) is 24.8. The normalized spacial score (nSPS) is 19.7. The number of allylic oxidation sites excluding steroid dienone is 4. The van der Waals surface area contributed by atoms with E-state index in [0.717, 1.165) is 34.7 Å². The summed E-state index contributed by atoms with van der Waals surface area (Å²) in [4.78, 5) is 40.1. The van der Waals surface area contributed by atoms with Crippen LogP contribution in [-0.2, 0) is 20.4 Å². The van der Waals surface area contributed by atoms with Gasteiger partial charge in [0.05, 0.1) is 5.41 Å². The van der Waals surface area contributed by atoms with Gasteiger partial charge in [0.2, 0.25) is 5.69 Å². The Hall–Kier alpha value is -4.84. The Morgan fingerprint density at radius 1 is 0.762 bits per heavy atom. The second kappa shape index (κ2) is 9.62. The quantitative estimate of drug-likeness (QED) is 0.286. The van der Waals surface area contributed by atoms with Crippen molar-refractivity contribution in [3.63, 3.8) is 0 Å². The summed E-state index contributed by atoms with van der Waals surface area (Å²) >= 11 is 0. The number of fused-ring (bicyclic) bond motifs is 2. The van der Waals surface area contributed by atoms with Crippen molar-refractivity contribution in [3.8, 4) is 0 Å². The van der Waals surface area contributed by atoms with E-state index < -0.39 is 17.7 Å². The number of hydrogen-bond acceptors (Lipinski definition) is 4. The van der Waals surface area contributed by atoms with Crippen LogP contribution in [0.1, 0.15) is 54.7 Å². The molecule has 3 aromatic carbocycles. The SMILES string of the molecule is CN1/C(=C\C(=C\C2=[N+](C)c3ccccc3C2(C)C)c2ccc(C(=O)N3C(=O)C=CC3=O)cc2)C(C)(C)c2ccccc21. The maximum Gasteiger partial charge on any atom is 0.267 e. The number of likely N-dealkylation sites (N-methyl/N-ethyl adjacent to an activating group) is 1. The summed E-state index contributed by atoms with van der Waals surface area (Å²) in [5.74, 6) is -1.86. The number of carbonyl (C=O) groups excluding carboxylic acids is 3. The van der Waals surface area contributed by atoms with E-state index in [9.17, 15) is 14.4 Å². The molecule has 0 radical (unpaired) electrons. The number of rotatable bonds is 4. The molecule has 210 valence electrons. The largest absolute Gasteiger partial charge is 0.347 e. The monoisotopic (exact) mass is 556 g/mol. The Balaban J connectivity index is 1.48. The van der Waals surface area contributed by atoms with Gasteiger partial charge in [0, 0.05) is 59.3 Å². The van der Waals surface area contributed by atoms with Gasteiger partial charge in [-0.15, -0.1) is 0 Å². The molecule has 0 aliphatic carbocycles. The highest BCUT2D eigenvalue weighted by atomic mass is 16.2. The third kappa shape index (κ3) is 4.09. The van der Waals surface area contributed by atoms with Crippen molar-refractivity contribution in [3.05, 3.63) is 125 Å². The molecule has 0 N–H and O–H groups in total. The number of imide groups is 3. The van der Waals surface area contributed by atoms with Crippen LogP contribution in [0.4, 0.5) is 11.4 Å². The summed E-state index contributed by atoms with van der Waals surface area (Å²) in [6.45, 7) is 8.97. The zero-order valence-corrected chi connectivity index (χ0v) is 24.8. The third-order valence-electron chi connectivity index (χ3n) is 8.94. The fourth-order valence-electron chi connectivity index (χ4n) is 6.56. The molecule has 0 saturated heterocycles. The third-order valence-corrected chi connectivity index (χ3v) is 8.94. The average molecular weight is 557 g/mol. The Morgan fingerprint density at radius 3 is 1.95 bits per heavy atom. The predicted octanol–water partition coefficient (Wildman–Crippen LogP) is 6.15. The molecule has 0 unspecified atom stereocenters. The molecule has 0 spiro atoms. The van der Waals surface area contributed by atoms with E-state index in [2.05, 4.69) is 112 Å². The Kier molecular flexibility index (Phi) is 6.26. The molecule has 3 aliphatic rings. The maximum atomic E-state index is 13.0. The van der Waals surface area contributed by atoms with Crippen molar-refractivity contribution < 1.29 is 19.0 Å². The molecular formula is C36H34N3O3+. The van der Waals surface area contributed by atoms with Gasteiger partial charge >= 0.3 is 0 Å². The van der Waals surface area contributed by atoms with Gasteiger partial charge in [-0.25, -0.2) is 4.90 Å². The van der Waals surface area contributed by atoms with Gasteiger partial charge in [-0.3, -0.25) is 14.4 Å². The molecule has 3 aliphatic heterocycles. The minimum atomic E-state index is -0.626. The summed E-state index contributed by atoms with van der Waals surface area (Å²) < 4.78 is 2.25. The topological polar surface area (TPSA) is 60.7 Å². The van der Waals surface area contributed by atoms with Crippen molar-refractivity contribution in [1.82, 2.24) is 4.90 Å². The minimum absolute atomic E-state index is 0.228. The highest BCUT2D eigenvalue weighted by Crippen LogP contribution is 2.48. The first-order chi connectivity index (χ1) is 19.9. The van der Waals surface area contributed by atoms with E-state index in [1.165, 1.54) is 22.5 Å². The number of carbonyl (C=O) groups is 3. The number of nitrogens with zero attached hydrogens (tertiary/aromatic N) is 3. The molecule has 0 bridgehead atoms. The van der Waals surface area contributed by atoms with Crippen LogP contribution in [0.2, 0.25) is 0 Å². The lowest BCUT2D eigenvalue weighted by atomic mass is 9.79. The zero-order chi connectivity index (χ0) is 30.0. The average Bonchev–Trinajstić information content (AvgIpc) is 3.49. The molecular weight excluding hydrogens is 522 g/mol. The van der Waals surface area contributed by atoms with Crippen LogP contribution in [0.15, 0.2) is 103 Å². The van der Waals surface area contributed by atoms with Crippen LogP contribution in [0.25, 0.3) is 5.57 Å². The number of hydrogen-bond donors (Lipinski definition) is 0. The molecule has 42 heavy (non-hydrogen) atoms. The van der Waals surface area contributed by atoms with Gasteiger partial charge in [-0.2, -0.15) is 4.58 Å². The van der Waals surface area contributed by atoms with E-state index in [0.29, 0.717) is 4.90 Å². The van der Waals surface area contributed by atoms with E-state index in [4.69, 9.17) is 0 Å². The number of benzene rings is 3. The molecule has 0 aromatic heterocycles. The molecule has 0 atom stereocenters. The molecule has 6 nitrogen and oxygen atoms in total. The molecule has 0 saturated carbocycles. The fourth-order valence-corrected chi connectivity index (χ4v) is 6.56. The lowest BCUT2D eigenvalue weighted by molar-refractivity contribution is -0.401. The Morgan fingerprint density at radius 2 is 1.33 bits per heavy atom. The van der Waals surface area contributed by atoms with Gasteiger partial charge in [0.1, 0.15) is 7.05 Å². The van der Waals surface area contributed by atoms with Crippen LogP contribution in [0, 0.1) is 0 Å². The van der Waals surface area contributed by atoms with E-state index in [-0.39, 0.29) is 16.4 Å². The van der Waals surface area contributed by atoms with Crippen molar-refractivity contribution in [1.29, 1.82) is 0 Å². The minimum Gasteiger partial charge on any atom is -0.347 e. The van der Waals surface area contributed by atoms with Crippen LogP contribution < -0.4 is 4.90 Å². The first-order valence-electron chi connectivity index (χ1n) is 14.1. The molecule has 3 heterocycles. The fraction of sp³-hybridized carbons (Fsp3) is 0.222. The Bertz CT molecular complexity index is 1780. The van der Waals surface area contributed by atoms with Gasteiger partial charge in [-0.1, -0.05) is 62.4 Å². The number of para-hydroxylation sites is 2. The van der Waals surface area contributed by atoms with E-state index in [1.807, 2.05) is 12.1 Å². The lowest BCUT2D eigenvalue weighted by Crippen LogP contribution is -2.36. The smallest absolute Gasteiger partial charge is 0.267 e. The highest BCUT2D eigenvalue weighted by Gasteiger charge is 2.43. The molecule has 6 heteroatoms. The van der Waals surface area contributed by atoms with Crippen molar-refractivity contribution in [2.45, 2.75) is 38.5 Å². The van der Waals surface area contributed by atoms with Gasteiger partial charge in [-0.05, 0) is 54.8 Å². The maximum absolute atomic E-state index is 13.0. The second-order valence-corrected chi connectivity index (χ2v) is 12.1. The molecule has 0 fully saturated rings. The first kappa shape index (κ1) is 27.3. The first-order valence-corrected chi connectivity index (χ1v) is 14.1. The van der Waals surface area contributed by atoms with Crippen LogP contribution in [-0.4, -0.2) is 47.0 Å². The summed E-state index contributed by atoms with van der Waals surface area (Å²) in [5.41, 5.74) is 8.96. The van der Waals surface area contributed by atoms with E-state index >= 15 is 0 Å². The van der Waals surface area contributed by atoms with Crippen molar-refractivity contribution in [2.75, 3.05) is 19.0 Å². The second-order valence-electron chi connectivity index (χ2n) is 12.1. The molecule has 3 aromatic rings. The van der Waals surface area contributed by atoms with Gasteiger partial charge in [0.15, 0.2) is 5.71 Å². The van der Waals surface area contributed by atoms with E-state index in [1.54, 1.807) is 12.1 Å². The van der Waals surface area contributed by atoms with Gasteiger partial charge < -0.3 is 4.90 Å². The summed E-state index contributed by atoms with van der Waals surface area (Å²) in [6, 6.07) is 24.1. The van der Waals surface area contributed by atoms with Crippen LogP contribution in [0.3, 0.4) is 0 Å². The summed E-state index contributed by atoms with van der Waals surface area (Å²) in [5, 5.41) is 0. The lowest BCUT2D eigenvalue weighted by Gasteiger charge is -2.25. The van der Waals surface area contributed by atoms with Crippen LogP contribution in [0.5, 0.6) is 0 Å². The number of anilines is 1.